The lowest BCUT2D eigenvalue weighted by Gasteiger charge is -2.17. The summed E-state index contributed by atoms with van der Waals surface area (Å²) >= 11 is 0. The number of nitrogens with two attached hydrogens (primary N) is 1. The first-order valence-corrected chi connectivity index (χ1v) is 5.92. The monoisotopic (exact) mass is 304 g/mol. The highest BCUT2D eigenvalue weighted by atomic mass is 35.5. The largest absolute Gasteiger partial charge is 0.497 e. The van der Waals surface area contributed by atoms with Crippen LogP contribution in [0.4, 0.5) is 0 Å². The maximum absolute atomic E-state index is 11.4. The predicted molar refractivity (Wildman–Crippen MR) is 78.4 cm³/mol. The molecule has 1 unspecified atom stereocenters. The van der Waals surface area contributed by atoms with Crippen molar-refractivity contribution >= 4 is 18.3 Å². The summed E-state index contributed by atoms with van der Waals surface area (Å²) < 4.78 is 10.3. The van der Waals surface area contributed by atoms with Gasteiger partial charge in [-0.3, -0.25) is 4.79 Å². The molecule has 1 amide bonds. The summed E-state index contributed by atoms with van der Waals surface area (Å²) in [5.74, 6) is 0.817. The van der Waals surface area contributed by atoms with Crippen LogP contribution >= 0.6 is 12.4 Å². The Kier molecular flexibility index (Phi) is 7.98. The van der Waals surface area contributed by atoms with Crippen LogP contribution in [0.3, 0.4) is 0 Å². The Bertz CT molecular complexity index is 440. The van der Waals surface area contributed by atoms with Crippen LogP contribution in [0.5, 0.6) is 11.5 Å². The third-order valence-corrected chi connectivity index (χ3v) is 2.68. The molecule has 6 nitrogen and oxygen atoms in total. The average Bonchev–Trinajstić information content (AvgIpc) is 2.43. The maximum atomic E-state index is 11.4. The van der Waals surface area contributed by atoms with Crippen molar-refractivity contribution in [3.05, 3.63) is 23.8 Å². The molecule has 1 rings (SSSR count). The molecule has 0 aliphatic carbocycles. The fourth-order valence-corrected chi connectivity index (χ4v) is 1.57. The molecule has 20 heavy (non-hydrogen) atoms. The van der Waals surface area contributed by atoms with Gasteiger partial charge in [-0.15, -0.1) is 12.4 Å². The van der Waals surface area contributed by atoms with Crippen LogP contribution < -0.4 is 20.5 Å². The Morgan fingerprint density at radius 1 is 1.40 bits per heavy atom. The number of benzene rings is 1. The topological polar surface area (TPSA) is 93.8 Å². The van der Waals surface area contributed by atoms with E-state index < -0.39 is 12.1 Å². The van der Waals surface area contributed by atoms with Gasteiger partial charge in [0.25, 0.3) is 0 Å². The molecule has 7 heteroatoms. The normalized spacial score (nSPS) is 12.8. The van der Waals surface area contributed by atoms with Gasteiger partial charge in [0.05, 0.1) is 26.4 Å². The van der Waals surface area contributed by atoms with Gasteiger partial charge in [0.15, 0.2) is 0 Å². The summed E-state index contributed by atoms with van der Waals surface area (Å²) in [6, 6.07) is 4.49. The van der Waals surface area contributed by atoms with E-state index in [-0.39, 0.29) is 24.9 Å². The van der Waals surface area contributed by atoms with Gasteiger partial charge in [0, 0.05) is 12.1 Å². The molecular weight excluding hydrogens is 284 g/mol. The van der Waals surface area contributed by atoms with Gasteiger partial charge in [-0.05, 0) is 25.1 Å². The predicted octanol–water partition coefficient (Wildman–Crippen LogP) is 0.622. The molecule has 1 aromatic carbocycles. The lowest BCUT2D eigenvalue weighted by molar-refractivity contribution is -0.122. The molecule has 0 aliphatic rings. The zero-order chi connectivity index (χ0) is 14.4. The number of hydrogen-bond acceptors (Lipinski definition) is 5. The Hall–Kier alpha value is -1.50. The van der Waals surface area contributed by atoms with Gasteiger partial charge in [-0.2, -0.15) is 0 Å². The van der Waals surface area contributed by atoms with E-state index in [1.54, 1.807) is 25.1 Å². The number of hydrogen-bond donors (Lipinski definition) is 3. The smallest absolute Gasteiger partial charge is 0.236 e. The SMILES string of the molecule is COc1ccc(OC)c(C(O)CNC(=O)[C@H](C)N)c1.Cl. The van der Waals surface area contributed by atoms with Crippen molar-refractivity contribution in [1.82, 2.24) is 5.32 Å². The van der Waals surface area contributed by atoms with Crippen LogP contribution in [0.2, 0.25) is 0 Å². The van der Waals surface area contributed by atoms with Crippen molar-refractivity contribution in [3.63, 3.8) is 0 Å². The number of carbonyl (C=O) groups is 1. The van der Waals surface area contributed by atoms with Gasteiger partial charge < -0.3 is 25.6 Å². The molecule has 0 fully saturated rings. The number of methoxy groups -OCH3 is 2. The number of rotatable bonds is 6. The van der Waals surface area contributed by atoms with Crippen LogP contribution in [0.15, 0.2) is 18.2 Å². The van der Waals surface area contributed by atoms with Crippen LogP contribution in [0.25, 0.3) is 0 Å². The van der Waals surface area contributed by atoms with Crippen LogP contribution in [-0.2, 0) is 4.79 Å². The van der Waals surface area contributed by atoms with E-state index in [2.05, 4.69) is 5.32 Å². The maximum Gasteiger partial charge on any atom is 0.236 e. The molecule has 0 aromatic heterocycles. The molecule has 0 saturated carbocycles. The molecule has 0 bridgehead atoms. The van der Waals surface area contributed by atoms with Crippen LogP contribution in [0.1, 0.15) is 18.6 Å². The van der Waals surface area contributed by atoms with Crippen molar-refractivity contribution < 1.29 is 19.4 Å². The molecule has 2 atom stereocenters. The minimum Gasteiger partial charge on any atom is -0.497 e. The lowest BCUT2D eigenvalue weighted by atomic mass is 10.1. The highest BCUT2D eigenvalue weighted by Gasteiger charge is 2.16. The Morgan fingerprint density at radius 2 is 2.05 bits per heavy atom. The van der Waals surface area contributed by atoms with Crippen LogP contribution in [0, 0.1) is 0 Å². The molecule has 0 spiro atoms. The fourth-order valence-electron chi connectivity index (χ4n) is 1.57. The molecule has 0 saturated heterocycles. The van der Waals surface area contributed by atoms with Crippen molar-refractivity contribution in [3.8, 4) is 11.5 Å². The zero-order valence-corrected chi connectivity index (χ0v) is 12.6. The molecule has 1 aromatic rings. The number of aliphatic hydroxyl groups excluding tert-OH is 1. The highest BCUT2D eigenvalue weighted by molar-refractivity contribution is 5.85. The highest BCUT2D eigenvalue weighted by Crippen LogP contribution is 2.28. The van der Waals surface area contributed by atoms with E-state index >= 15 is 0 Å². The molecule has 114 valence electrons. The second-order valence-corrected chi connectivity index (χ2v) is 4.16. The minimum absolute atomic E-state index is 0. The van der Waals surface area contributed by atoms with Crippen molar-refractivity contribution in [2.45, 2.75) is 19.1 Å². The number of nitrogens with one attached hydrogen (secondary N) is 1. The summed E-state index contributed by atoms with van der Waals surface area (Å²) in [6.07, 6.45) is -0.896. The minimum atomic E-state index is -0.896. The van der Waals surface area contributed by atoms with E-state index in [4.69, 9.17) is 15.2 Å². The number of aliphatic hydroxyl groups is 1. The van der Waals surface area contributed by atoms with Gasteiger partial charge in [-0.25, -0.2) is 0 Å². The lowest BCUT2D eigenvalue weighted by Crippen LogP contribution is -2.40. The average molecular weight is 305 g/mol. The van der Waals surface area contributed by atoms with Gasteiger partial charge in [0.1, 0.15) is 11.5 Å². The standard InChI is InChI=1S/C13H20N2O4.ClH/c1-8(14)13(17)15-7-11(16)10-6-9(18-2)4-5-12(10)19-3;/h4-6,8,11,16H,7,14H2,1-3H3,(H,15,17);1H/t8-,11?;/m0./s1. The van der Waals surface area contributed by atoms with Gasteiger partial charge >= 0.3 is 0 Å². The number of carbonyl (C=O) groups excluding carboxylic acids is 1. The van der Waals surface area contributed by atoms with Crippen molar-refractivity contribution in [2.75, 3.05) is 20.8 Å². The zero-order valence-electron chi connectivity index (χ0n) is 11.8. The first-order valence-electron chi connectivity index (χ1n) is 5.92. The van der Waals surface area contributed by atoms with E-state index in [1.807, 2.05) is 0 Å². The quantitative estimate of drug-likeness (QED) is 0.716. The number of amides is 1. The first-order chi connectivity index (χ1) is 8.99. The molecular formula is C13H21ClN2O4. The molecule has 0 heterocycles. The second kappa shape index (κ2) is 8.63. The van der Waals surface area contributed by atoms with E-state index in [0.29, 0.717) is 17.1 Å². The second-order valence-electron chi connectivity index (χ2n) is 4.16. The summed E-state index contributed by atoms with van der Waals surface area (Å²) in [6.45, 7) is 1.64. The number of halogens is 1. The summed E-state index contributed by atoms with van der Waals surface area (Å²) in [5, 5.41) is 12.7. The van der Waals surface area contributed by atoms with E-state index in [0.717, 1.165) is 0 Å². The third kappa shape index (κ3) is 4.88. The third-order valence-electron chi connectivity index (χ3n) is 2.68. The van der Waals surface area contributed by atoms with E-state index in [1.165, 1.54) is 14.2 Å². The van der Waals surface area contributed by atoms with Crippen LogP contribution in [-0.4, -0.2) is 37.8 Å². The van der Waals surface area contributed by atoms with Gasteiger partial charge in [-0.1, -0.05) is 0 Å². The van der Waals surface area contributed by atoms with Gasteiger partial charge in [0.2, 0.25) is 5.91 Å². The Labute approximate surface area is 124 Å². The summed E-state index contributed by atoms with van der Waals surface area (Å²) in [4.78, 5) is 11.4. The Morgan fingerprint density at radius 3 is 2.55 bits per heavy atom. The van der Waals surface area contributed by atoms with E-state index in [9.17, 15) is 9.90 Å². The van der Waals surface area contributed by atoms with Crippen molar-refractivity contribution in [2.24, 2.45) is 5.73 Å². The molecule has 4 N–H and O–H groups in total. The summed E-state index contributed by atoms with van der Waals surface area (Å²) in [7, 11) is 3.05. The summed E-state index contributed by atoms with van der Waals surface area (Å²) in [5.41, 5.74) is 5.97. The Balaban J connectivity index is 0.00000361. The van der Waals surface area contributed by atoms with Crippen molar-refractivity contribution in [1.29, 1.82) is 0 Å². The fraction of sp³-hybridized carbons (Fsp3) is 0.462. The molecule has 0 radical (unpaired) electrons. The first kappa shape index (κ1) is 18.5. The number of ether oxygens (including phenoxy) is 2. The molecule has 0 aliphatic heterocycles.